The maximum atomic E-state index is 13.5. The molecule has 0 radical (unpaired) electrons. The summed E-state index contributed by atoms with van der Waals surface area (Å²) in [5.41, 5.74) is 14.4. The molecule has 0 heterocycles. The van der Waals surface area contributed by atoms with Gasteiger partial charge in [-0.3, -0.25) is 9.59 Å². The predicted molar refractivity (Wildman–Crippen MR) is 131 cm³/mol. The average molecular weight is 474 g/mol. The first kappa shape index (κ1) is 26.4. The van der Waals surface area contributed by atoms with E-state index in [1.165, 1.54) is 18.4 Å². The monoisotopic (exact) mass is 473 g/mol. The molecule has 2 aliphatic rings. The van der Waals surface area contributed by atoms with Gasteiger partial charge in [0.25, 0.3) is 0 Å². The summed E-state index contributed by atoms with van der Waals surface area (Å²) in [6, 6.07) is -1.14. The summed E-state index contributed by atoms with van der Waals surface area (Å²) >= 11 is 5.10. The molecule has 33 heavy (non-hydrogen) atoms. The Labute approximate surface area is 199 Å². The second-order valence-electron chi connectivity index (χ2n) is 8.03. The first-order valence-electron chi connectivity index (χ1n) is 10.5. The van der Waals surface area contributed by atoms with Crippen molar-refractivity contribution in [3.63, 3.8) is 0 Å². The fourth-order valence-electron chi connectivity index (χ4n) is 3.54. The summed E-state index contributed by atoms with van der Waals surface area (Å²) in [4.78, 5) is 25.2. The minimum Gasteiger partial charge on any atom is -0.400 e. The van der Waals surface area contributed by atoms with E-state index in [4.69, 9.17) is 28.4 Å². The van der Waals surface area contributed by atoms with Gasteiger partial charge in [0.1, 0.15) is 6.04 Å². The van der Waals surface area contributed by atoms with Crippen molar-refractivity contribution in [1.29, 1.82) is 0 Å². The molecule has 7 N–H and O–H groups in total. The molecule has 4 unspecified atom stereocenters. The third-order valence-electron chi connectivity index (χ3n) is 5.41. The van der Waals surface area contributed by atoms with E-state index in [-0.39, 0.29) is 41.4 Å². The van der Waals surface area contributed by atoms with Crippen molar-refractivity contribution in [1.82, 2.24) is 5.32 Å². The molecule has 4 atom stereocenters. The van der Waals surface area contributed by atoms with E-state index in [0.717, 1.165) is 0 Å². The van der Waals surface area contributed by atoms with Crippen molar-refractivity contribution >= 4 is 29.2 Å². The number of nitrogens with one attached hydrogen (secondary N) is 1. The van der Waals surface area contributed by atoms with Crippen LogP contribution in [0.1, 0.15) is 20.3 Å². The number of Topliss-reactive ketones (excluding diaryl/α,β-unsaturated/α-hetero) is 1. The Morgan fingerprint density at radius 2 is 2.06 bits per heavy atom. The van der Waals surface area contributed by atoms with Crippen LogP contribution in [0, 0.1) is 5.92 Å². The Hall–Kier alpha value is -2.85. The smallest absolute Gasteiger partial charge is 0.194 e. The Bertz CT molecular complexity index is 990. The number of thiocarbonyl (C=S) groups is 1. The Morgan fingerprint density at radius 1 is 1.36 bits per heavy atom. The van der Waals surface area contributed by atoms with E-state index >= 15 is 0 Å². The van der Waals surface area contributed by atoms with Gasteiger partial charge in [-0.15, -0.1) is 0 Å². The van der Waals surface area contributed by atoms with Gasteiger partial charge in [0.15, 0.2) is 11.6 Å². The van der Waals surface area contributed by atoms with Crippen LogP contribution < -0.4 is 16.8 Å². The normalized spacial score (nSPS) is 24.7. The number of nitrogens with two attached hydrogens (primary N) is 2. The quantitative estimate of drug-likeness (QED) is 0.230. The molecule has 0 fully saturated rings. The lowest BCUT2D eigenvalue weighted by Crippen LogP contribution is -2.43. The molecule has 0 bridgehead atoms. The lowest BCUT2D eigenvalue weighted by Gasteiger charge is -2.26. The molecule has 0 saturated heterocycles. The molecule has 2 aliphatic carbocycles. The summed E-state index contributed by atoms with van der Waals surface area (Å²) in [6.45, 7) is 2.98. The van der Waals surface area contributed by atoms with E-state index < -0.39 is 17.9 Å². The Morgan fingerprint density at radius 3 is 2.61 bits per heavy atom. The summed E-state index contributed by atoms with van der Waals surface area (Å²) < 4.78 is 5.38. The largest absolute Gasteiger partial charge is 0.400 e. The first-order valence-corrected chi connectivity index (χ1v) is 10.9. The van der Waals surface area contributed by atoms with Gasteiger partial charge >= 0.3 is 0 Å². The molecule has 8 nitrogen and oxygen atoms in total. The average Bonchev–Trinajstić information content (AvgIpc) is 2.78. The molecule has 9 heteroatoms. The standard InChI is InChI=1S/C24H31N3O5S/c1-13-6-16(4-5-21(13)30)22(26)19(12-33)24(31)23(20(25)7-14(2)29)27-17-8-15(11-28)9-18(10-17)32-3/h4-8,10,12-13,18,21,23,27-28,30H,9,11,25-26H2,1-3H3. The van der Waals surface area contributed by atoms with Crippen LogP contribution in [0.2, 0.25) is 0 Å². The van der Waals surface area contributed by atoms with Crippen LogP contribution in [0.4, 0.5) is 0 Å². The molecular formula is C24H31N3O5S. The number of ether oxygens (including phenoxy) is 1. The van der Waals surface area contributed by atoms with Crippen LogP contribution in [0.5, 0.6) is 0 Å². The zero-order chi connectivity index (χ0) is 24.7. The number of allylic oxidation sites excluding steroid dienone is 3. The number of aliphatic hydroxyl groups is 2. The van der Waals surface area contributed by atoms with Gasteiger partial charge in [-0.1, -0.05) is 37.4 Å². The second-order valence-corrected chi connectivity index (χ2v) is 8.27. The lowest BCUT2D eigenvalue weighted by molar-refractivity contribution is -0.116. The molecule has 0 aromatic carbocycles. The van der Waals surface area contributed by atoms with Gasteiger partial charge in [0.05, 0.1) is 30.1 Å². The lowest BCUT2D eigenvalue weighted by atomic mass is 9.90. The Balaban J connectivity index is 2.49. The third-order valence-corrected chi connectivity index (χ3v) is 5.65. The summed E-state index contributed by atoms with van der Waals surface area (Å²) in [5, 5.41) is 23.7. The topological polar surface area (TPSA) is 148 Å². The first-order chi connectivity index (χ1) is 15.6. The number of rotatable bonds is 10. The van der Waals surface area contributed by atoms with Gasteiger partial charge < -0.3 is 31.7 Å². The highest BCUT2D eigenvalue weighted by Gasteiger charge is 2.28. The zero-order valence-electron chi connectivity index (χ0n) is 18.9. The van der Waals surface area contributed by atoms with Crippen LogP contribution in [0.15, 0.2) is 70.3 Å². The fourth-order valence-corrected chi connectivity index (χ4v) is 3.78. The second kappa shape index (κ2) is 11.9. The van der Waals surface area contributed by atoms with Crippen molar-refractivity contribution < 1.29 is 24.5 Å². The van der Waals surface area contributed by atoms with E-state index in [9.17, 15) is 19.8 Å². The molecule has 0 spiro atoms. The van der Waals surface area contributed by atoms with Gasteiger partial charge in [-0.25, -0.2) is 0 Å². The SMILES string of the molecule is COC1C=C(NC(C(=O)C(C=S)=C(N)C2=CC(C)C(O)C=C2)C(N)=CC(C)=O)C=C(CO)C1. The van der Waals surface area contributed by atoms with Crippen molar-refractivity contribution in [3.8, 4) is 0 Å². The Kier molecular flexibility index (Phi) is 9.48. The van der Waals surface area contributed by atoms with Crippen molar-refractivity contribution in [2.24, 2.45) is 17.4 Å². The van der Waals surface area contributed by atoms with Crippen molar-refractivity contribution in [2.45, 2.75) is 38.5 Å². The molecule has 0 aliphatic heterocycles. The molecular weight excluding hydrogens is 442 g/mol. The minimum atomic E-state index is -1.14. The summed E-state index contributed by atoms with van der Waals surface area (Å²) in [6.07, 6.45) is 9.18. The number of hydrogen-bond acceptors (Lipinski definition) is 9. The van der Waals surface area contributed by atoms with E-state index in [2.05, 4.69) is 5.32 Å². The molecule has 2 rings (SSSR count). The van der Waals surface area contributed by atoms with Gasteiger partial charge in [-0.2, -0.15) is 0 Å². The fraction of sp³-hybridized carbons (Fsp3) is 0.375. The summed E-state index contributed by atoms with van der Waals surface area (Å²) in [7, 11) is 1.54. The molecule has 178 valence electrons. The van der Waals surface area contributed by atoms with Gasteiger partial charge in [-0.05, 0) is 30.2 Å². The molecule has 0 aromatic rings. The van der Waals surface area contributed by atoms with Crippen LogP contribution in [0.3, 0.4) is 0 Å². The number of carbonyl (C=O) groups is 2. The van der Waals surface area contributed by atoms with Gasteiger partial charge in [0, 0.05) is 42.3 Å². The number of ketones is 2. The maximum absolute atomic E-state index is 13.5. The number of methoxy groups -OCH3 is 1. The van der Waals surface area contributed by atoms with Crippen LogP contribution in [0.25, 0.3) is 0 Å². The molecule has 0 amide bonds. The minimum absolute atomic E-state index is 0.00834. The molecule has 0 aromatic heterocycles. The summed E-state index contributed by atoms with van der Waals surface area (Å²) in [5.74, 6) is -1.04. The van der Waals surface area contributed by atoms with Crippen LogP contribution in [-0.4, -0.2) is 59.1 Å². The van der Waals surface area contributed by atoms with E-state index in [1.807, 2.05) is 6.92 Å². The highest BCUT2D eigenvalue weighted by Crippen LogP contribution is 2.24. The van der Waals surface area contributed by atoms with Crippen molar-refractivity contribution in [3.05, 3.63) is 70.3 Å². The number of aliphatic hydroxyl groups excluding tert-OH is 2. The third kappa shape index (κ3) is 6.82. The van der Waals surface area contributed by atoms with Crippen LogP contribution >= 0.6 is 12.2 Å². The highest BCUT2D eigenvalue weighted by molar-refractivity contribution is 7.79. The van der Waals surface area contributed by atoms with Gasteiger partial charge in [0.2, 0.25) is 0 Å². The van der Waals surface area contributed by atoms with E-state index in [1.54, 1.807) is 37.5 Å². The van der Waals surface area contributed by atoms with Crippen molar-refractivity contribution in [2.75, 3.05) is 13.7 Å². The zero-order valence-corrected chi connectivity index (χ0v) is 19.8. The molecule has 0 saturated carbocycles. The number of carbonyl (C=O) groups excluding carboxylic acids is 2. The maximum Gasteiger partial charge on any atom is 0.194 e. The van der Waals surface area contributed by atoms with E-state index in [0.29, 0.717) is 23.3 Å². The highest BCUT2D eigenvalue weighted by atomic mass is 32.1. The predicted octanol–water partition coefficient (Wildman–Crippen LogP) is 0.872. The van der Waals surface area contributed by atoms with Crippen LogP contribution in [-0.2, 0) is 14.3 Å². The number of hydrogen-bond donors (Lipinski definition) is 5.